The second-order valence-electron chi connectivity index (χ2n) is 3.23. The Hall–Kier alpha value is -0.830. The molecule has 1 unspecified atom stereocenters. The fraction of sp³-hybridized carbons (Fsp3) is 0.700. The Bertz CT molecular complexity index is 183. The van der Waals surface area contributed by atoms with Gasteiger partial charge < -0.3 is 10.2 Å². The number of hydrogen-bond donors (Lipinski definition) is 2. The number of carbonyl (C=O) groups is 1. The Morgan fingerprint density at radius 2 is 2.15 bits per heavy atom. The highest BCUT2D eigenvalue weighted by atomic mass is 16.4. The molecular formula is C10H18O3. The van der Waals surface area contributed by atoms with Gasteiger partial charge in [-0.3, -0.25) is 0 Å². The van der Waals surface area contributed by atoms with Crippen LogP contribution < -0.4 is 0 Å². The molecule has 0 aliphatic carbocycles. The van der Waals surface area contributed by atoms with Crippen molar-refractivity contribution in [1.82, 2.24) is 0 Å². The largest absolute Gasteiger partial charge is 0.478 e. The normalized spacial score (nSPS) is 14.2. The smallest absolute Gasteiger partial charge is 0.331 e. The van der Waals surface area contributed by atoms with Crippen LogP contribution in [0.3, 0.4) is 0 Å². The fourth-order valence-electron chi connectivity index (χ4n) is 1.06. The zero-order valence-electron chi connectivity index (χ0n) is 8.29. The second kappa shape index (κ2) is 6.66. The van der Waals surface area contributed by atoms with E-state index in [1.165, 1.54) is 0 Å². The summed E-state index contributed by atoms with van der Waals surface area (Å²) >= 11 is 0. The Labute approximate surface area is 79.1 Å². The average Bonchev–Trinajstić information content (AvgIpc) is 2.02. The molecule has 0 spiro atoms. The van der Waals surface area contributed by atoms with Gasteiger partial charge in [-0.2, -0.15) is 0 Å². The van der Waals surface area contributed by atoms with E-state index in [9.17, 15) is 4.79 Å². The number of allylic oxidation sites excluding steroid dienone is 1. The second-order valence-corrected chi connectivity index (χ2v) is 3.23. The van der Waals surface area contributed by atoms with Gasteiger partial charge in [-0.25, -0.2) is 4.79 Å². The van der Waals surface area contributed by atoms with Gasteiger partial charge >= 0.3 is 5.97 Å². The lowest BCUT2D eigenvalue weighted by Crippen LogP contribution is -2.08. The molecule has 0 fully saturated rings. The van der Waals surface area contributed by atoms with Gasteiger partial charge in [0.1, 0.15) is 0 Å². The molecule has 0 heterocycles. The lowest BCUT2D eigenvalue weighted by molar-refractivity contribution is -0.133. The third kappa shape index (κ3) is 6.34. The number of carboxylic acids is 1. The van der Waals surface area contributed by atoms with Crippen LogP contribution in [0.2, 0.25) is 0 Å². The van der Waals surface area contributed by atoms with E-state index < -0.39 is 12.1 Å². The summed E-state index contributed by atoms with van der Waals surface area (Å²) in [5, 5.41) is 17.8. The van der Waals surface area contributed by atoms with E-state index in [2.05, 4.69) is 6.92 Å². The zero-order chi connectivity index (χ0) is 10.3. The van der Waals surface area contributed by atoms with Crippen molar-refractivity contribution in [2.24, 2.45) is 0 Å². The third-order valence-electron chi connectivity index (χ3n) is 1.74. The monoisotopic (exact) mass is 186 g/mol. The van der Waals surface area contributed by atoms with Crippen molar-refractivity contribution in [2.75, 3.05) is 0 Å². The highest BCUT2D eigenvalue weighted by Crippen LogP contribution is 2.08. The van der Waals surface area contributed by atoms with E-state index in [-0.39, 0.29) is 6.42 Å². The lowest BCUT2D eigenvalue weighted by Gasteiger charge is -2.04. The zero-order valence-corrected chi connectivity index (χ0v) is 8.29. The summed E-state index contributed by atoms with van der Waals surface area (Å²) < 4.78 is 0. The van der Waals surface area contributed by atoms with Gasteiger partial charge in [0.2, 0.25) is 0 Å². The Kier molecular flexibility index (Phi) is 6.24. The van der Waals surface area contributed by atoms with Crippen molar-refractivity contribution in [3.05, 3.63) is 11.6 Å². The minimum absolute atomic E-state index is 0.235. The summed E-state index contributed by atoms with van der Waals surface area (Å²) in [6, 6.07) is 0. The molecule has 2 N–H and O–H groups in total. The summed E-state index contributed by atoms with van der Waals surface area (Å²) in [6.07, 6.45) is 4.20. The first-order valence-electron chi connectivity index (χ1n) is 4.68. The standard InChI is InChI=1S/C10H18O3/c1-3-4-5-6-9(10(12)13)7-8(2)11/h6,8,11H,3-5,7H2,1-2H3,(H,12,13). The third-order valence-corrected chi connectivity index (χ3v) is 1.74. The molecule has 0 amide bonds. The lowest BCUT2D eigenvalue weighted by atomic mass is 10.1. The summed E-state index contributed by atoms with van der Waals surface area (Å²) in [5.41, 5.74) is 0.323. The van der Waals surface area contributed by atoms with Gasteiger partial charge in [0.05, 0.1) is 6.10 Å². The van der Waals surface area contributed by atoms with Crippen LogP contribution in [-0.2, 0) is 4.79 Å². The van der Waals surface area contributed by atoms with Gasteiger partial charge in [0, 0.05) is 12.0 Å². The Balaban J connectivity index is 4.07. The van der Waals surface area contributed by atoms with E-state index in [1.807, 2.05) is 0 Å². The number of aliphatic hydroxyl groups is 1. The van der Waals surface area contributed by atoms with Gasteiger partial charge in [0.25, 0.3) is 0 Å². The summed E-state index contributed by atoms with van der Waals surface area (Å²) in [4.78, 5) is 10.6. The summed E-state index contributed by atoms with van der Waals surface area (Å²) in [6.45, 7) is 3.65. The highest BCUT2D eigenvalue weighted by molar-refractivity contribution is 5.86. The fourth-order valence-corrected chi connectivity index (χ4v) is 1.06. The quantitative estimate of drug-likeness (QED) is 0.492. The molecule has 0 rings (SSSR count). The highest BCUT2D eigenvalue weighted by Gasteiger charge is 2.09. The van der Waals surface area contributed by atoms with Crippen molar-refractivity contribution in [3.63, 3.8) is 0 Å². The molecule has 13 heavy (non-hydrogen) atoms. The molecule has 0 radical (unpaired) electrons. The van der Waals surface area contributed by atoms with Crippen molar-refractivity contribution in [1.29, 1.82) is 0 Å². The minimum atomic E-state index is -0.919. The van der Waals surface area contributed by atoms with Crippen LogP contribution in [0.1, 0.15) is 39.5 Å². The van der Waals surface area contributed by atoms with E-state index in [1.54, 1.807) is 13.0 Å². The number of aliphatic hydroxyl groups excluding tert-OH is 1. The Morgan fingerprint density at radius 1 is 1.54 bits per heavy atom. The molecule has 0 saturated heterocycles. The van der Waals surface area contributed by atoms with E-state index in [0.29, 0.717) is 5.57 Å². The predicted molar refractivity (Wildman–Crippen MR) is 51.5 cm³/mol. The van der Waals surface area contributed by atoms with Crippen LogP contribution in [-0.4, -0.2) is 22.3 Å². The van der Waals surface area contributed by atoms with Crippen LogP contribution in [0.15, 0.2) is 11.6 Å². The predicted octanol–water partition coefficient (Wildman–Crippen LogP) is 1.96. The average molecular weight is 186 g/mol. The molecular weight excluding hydrogens is 168 g/mol. The molecule has 1 atom stereocenters. The maximum Gasteiger partial charge on any atom is 0.331 e. The SMILES string of the molecule is CCCCC=C(CC(C)O)C(=O)O. The molecule has 0 aliphatic rings. The minimum Gasteiger partial charge on any atom is -0.478 e. The van der Waals surface area contributed by atoms with Crippen LogP contribution in [0.5, 0.6) is 0 Å². The molecule has 3 heteroatoms. The summed E-state index contributed by atoms with van der Waals surface area (Å²) in [7, 11) is 0. The van der Waals surface area contributed by atoms with Gasteiger partial charge in [0.15, 0.2) is 0 Å². The van der Waals surface area contributed by atoms with E-state index in [4.69, 9.17) is 10.2 Å². The molecule has 3 nitrogen and oxygen atoms in total. The van der Waals surface area contributed by atoms with Crippen molar-refractivity contribution in [2.45, 2.75) is 45.6 Å². The maximum atomic E-state index is 10.6. The van der Waals surface area contributed by atoms with E-state index in [0.717, 1.165) is 19.3 Å². The number of unbranched alkanes of at least 4 members (excludes halogenated alkanes) is 2. The van der Waals surface area contributed by atoms with E-state index >= 15 is 0 Å². The van der Waals surface area contributed by atoms with Crippen molar-refractivity contribution >= 4 is 5.97 Å². The molecule has 0 bridgehead atoms. The molecule has 0 aliphatic heterocycles. The van der Waals surface area contributed by atoms with Crippen LogP contribution in [0.25, 0.3) is 0 Å². The van der Waals surface area contributed by atoms with Crippen molar-refractivity contribution < 1.29 is 15.0 Å². The molecule has 0 saturated carbocycles. The first-order valence-corrected chi connectivity index (χ1v) is 4.68. The van der Waals surface area contributed by atoms with Gasteiger partial charge in [-0.05, 0) is 13.3 Å². The molecule has 0 aromatic heterocycles. The maximum absolute atomic E-state index is 10.6. The number of rotatable bonds is 6. The van der Waals surface area contributed by atoms with Gasteiger partial charge in [-0.15, -0.1) is 0 Å². The number of hydrogen-bond acceptors (Lipinski definition) is 2. The number of aliphatic carboxylic acids is 1. The molecule has 76 valence electrons. The molecule has 0 aromatic carbocycles. The van der Waals surface area contributed by atoms with Crippen LogP contribution in [0, 0.1) is 0 Å². The summed E-state index contributed by atoms with van der Waals surface area (Å²) in [5.74, 6) is -0.919. The number of carboxylic acid groups (broad SMARTS) is 1. The Morgan fingerprint density at radius 3 is 2.54 bits per heavy atom. The van der Waals surface area contributed by atoms with Crippen LogP contribution >= 0.6 is 0 Å². The van der Waals surface area contributed by atoms with Crippen LogP contribution in [0.4, 0.5) is 0 Å². The topological polar surface area (TPSA) is 57.5 Å². The first-order chi connectivity index (χ1) is 6.07. The molecule has 0 aromatic rings. The van der Waals surface area contributed by atoms with Crippen molar-refractivity contribution in [3.8, 4) is 0 Å². The van der Waals surface area contributed by atoms with Gasteiger partial charge in [-0.1, -0.05) is 25.8 Å². The first kappa shape index (κ1) is 12.2.